The minimum Gasteiger partial charge on any atom is -0.507 e. The van der Waals surface area contributed by atoms with E-state index in [-0.39, 0.29) is 65.4 Å². The Balaban J connectivity index is 1.61. The molecule has 0 aliphatic carbocycles. The molecule has 1 heterocycles. The van der Waals surface area contributed by atoms with Crippen molar-refractivity contribution in [1.29, 1.82) is 0 Å². The van der Waals surface area contributed by atoms with Crippen molar-refractivity contribution in [2.75, 3.05) is 13.7 Å². The molecule has 0 saturated heterocycles. The van der Waals surface area contributed by atoms with E-state index in [4.69, 9.17) is 0 Å². The van der Waals surface area contributed by atoms with Crippen LogP contribution in [-0.4, -0.2) is 86.8 Å². The molecule has 6 atom stereocenters. The van der Waals surface area contributed by atoms with Gasteiger partial charge in [-0.3, -0.25) is 33.6 Å². The fraction of sp³-hybridized carbons (Fsp3) is 0.620. The maximum Gasteiger partial charge on any atom is 0.226 e. The van der Waals surface area contributed by atoms with E-state index in [0.29, 0.717) is 12.0 Å². The maximum atomic E-state index is 14.1. The van der Waals surface area contributed by atoms with Crippen LogP contribution in [-0.2, 0) is 40.0 Å². The highest BCUT2D eigenvalue weighted by atomic mass is 16.3. The Kier molecular flexibility index (Phi) is 22.2. The molecule has 1 aliphatic rings. The second kappa shape index (κ2) is 26.7. The number of aliphatic hydroxyl groups is 1. The minimum absolute atomic E-state index is 0.107. The number of carbonyl (C=O) groups is 7. The number of rotatable bonds is 25. The Morgan fingerprint density at radius 1 is 0.794 bits per heavy atom. The summed E-state index contributed by atoms with van der Waals surface area (Å²) in [5, 5.41) is 37.1. The van der Waals surface area contributed by atoms with Gasteiger partial charge >= 0.3 is 0 Å². The summed E-state index contributed by atoms with van der Waals surface area (Å²) in [5.74, 6) is -6.43. The first-order chi connectivity index (χ1) is 30.0. The SMILES string of the molecule is CCCCCCCCCCCCCCCC(=O)C[C@H](CO)C(=O)N[C@H](C)C(=O)C[C@@H](C)C(=O)N(C)[C@@H]1C(=O)C[C@@H](C)C(=O)N[C@H](C(C)=O)Cc2ccc(O)c(c2)-c2cc1ccc2O. The van der Waals surface area contributed by atoms with E-state index in [9.17, 15) is 48.9 Å². The molecule has 1 aliphatic heterocycles. The number of amides is 3. The Hall–Kier alpha value is -4.91. The summed E-state index contributed by atoms with van der Waals surface area (Å²) in [4.78, 5) is 94.5. The topological polar surface area (TPSA) is 207 Å². The Morgan fingerprint density at radius 3 is 1.92 bits per heavy atom. The van der Waals surface area contributed by atoms with Crippen molar-refractivity contribution in [1.82, 2.24) is 15.5 Å². The third-order valence-corrected chi connectivity index (χ3v) is 12.3. The van der Waals surface area contributed by atoms with E-state index in [1.54, 1.807) is 19.1 Å². The number of ketones is 4. The lowest BCUT2D eigenvalue weighted by molar-refractivity contribution is -0.143. The van der Waals surface area contributed by atoms with Crippen LogP contribution >= 0.6 is 0 Å². The van der Waals surface area contributed by atoms with Gasteiger partial charge in [0.05, 0.1) is 24.6 Å². The highest BCUT2D eigenvalue weighted by Crippen LogP contribution is 2.39. The van der Waals surface area contributed by atoms with Crippen LogP contribution in [0.4, 0.5) is 0 Å². The molecular formula is C50H73N3O10. The minimum atomic E-state index is -1.28. The molecule has 2 aromatic rings. The maximum absolute atomic E-state index is 14.1. The molecule has 3 amide bonds. The predicted octanol–water partition coefficient (Wildman–Crippen LogP) is 7.64. The summed E-state index contributed by atoms with van der Waals surface area (Å²) in [6.07, 6.45) is 15.1. The molecule has 63 heavy (non-hydrogen) atoms. The van der Waals surface area contributed by atoms with Crippen LogP contribution in [0.2, 0.25) is 0 Å². The third kappa shape index (κ3) is 16.6. The summed E-state index contributed by atoms with van der Waals surface area (Å²) in [6, 6.07) is 5.69. The number of phenolic OH excluding ortho intramolecular Hbond substituents is 2. The van der Waals surface area contributed by atoms with Crippen molar-refractivity contribution in [3.63, 3.8) is 0 Å². The number of aromatic hydroxyl groups is 2. The van der Waals surface area contributed by atoms with E-state index in [1.807, 2.05) is 0 Å². The van der Waals surface area contributed by atoms with Crippen molar-refractivity contribution in [2.45, 2.75) is 168 Å². The number of phenols is 2. The smallest absolute Gasteiger partial charge is 0.226 e. The number of hydrogen-bond acceptors (Lipinski definition) is 10. The van der Waals surface area contributed by atoms with Gasteiger partial charge in [0.25, 0.3) is 0 Å². The third-order valence-electron chi connectivity index (χ3n) is 12.3. The molecule has 4 bridgehead atoms. The largest absolute Gasteiger partial charge is 0.507 e. The zero-order chi connectivity index (χ0) is 46.6. The molecule has 2 aromatic carbocycles. The number of nitrogens with zero attached hydrogens (tertiary/aromatic N) is 1. The highest BCUT2D eigenvalue weighted by Gasteiger charge is 2.35. The van der Waals surface area contributed by atoms with Gasteiger partial charge in [0.2, 0.25) is 17.7 Å². The Bertz CT molecular complexity index is 1880. The van der Waals surface area contributed by atoms with Crippen LogP contribution in [0, 0.1) is 17.8 Å². The predicted molar refractivity (Wildman–Crippen MR) is 243 cm³/mol. The van der Waals surface area contributed by atoms with Gasteiger partial charge in [-0.2, -0.15) is 0 Å². The van der Waals surface area contributed by atoms with Crippen molar-refractivity contribution < 1.29 is 48.9 Å². The number of hydrogen-bond donors (Lipinski definition) is 5. The number of carbonyl (C=O) groups excluding carboxylic acids is 7. The lowest BCUT2D eigenvalue weighted by Gasteiger charge is -2.31. The molecule has 348 valence electrons. The van der Waals surface area contributed by atoms with Gasteiger partial charge in [-0.25, -0.2) is 0 Å². The fourth-order valence-electron chi connectivity index (χ4n) is 8.25. The molecule has 0 saturated carbocycles. The number of aliphatic hydroxyl groups excluding tert-OH is 1. The monoisotopic (exact) mass is 876 g/mol. The lowest BCUT2D eigenvalue weighted by atomic mass is 9.89. The van der Waals surface area contributed by atoms with Crippen LogP contribution in [0.25, 0.3) is 11.1 Å². The number of nitrogens with one attached hydrogen (secondary N) is 2. The summed E-state index contributed by atoms with van der Waals surface area (Å²) < 4.78 is 0. The number of Topliss-reactive ketones (excluding diaryl/α,β-unsaturated/α-hetero) is 4. The van der Waals surface area contributed by atoms with Gasteiger partial charge in [-0.05, 0) is 62.1 Å². The zero-order valence-corrected chi connectivity index (χ0v) is 38.5. The lowest BCUT2D eigenvalue weighted by Crippen LogP contribution is -2.45. The van der Waals surface area contributed by atoms with Gasteiger partial charge in [0.15, 0.2) is 17.3 Å². The second-order valence-corrected chi connectivity index (χ2v) is 17.8. The molecule has 0 radical (unpaired) electrons. The molecule has 0 spiro atoms. The molecule has 3 rings (SSSR count). The molecule has 0 fully saturated rings. The Labute approximate surface area is 374 Å². The van der Waals surface area contributed by atoms with Gasteiger partial charge in [0, 0.05) is 55.7 Å². The number of benzene rings is 2. The quantitative estimate of drug-likeness (QED) is 0.0616. The fourth-order valence-corrected chi connectivity index (χ4v) is 8.25. The molecule has 13 nitrogen and oxygen atoms in total. The van der Waals surface area contributed by atoms with Crippen molar-refractivity contribution in [2.24, 2.45) is 17.8 Å². The van der Waals surface area contributed by atoms with Gasteiger partial charge in [0.1, 0.15) is 23.3 Å². The molecule has 5 N–H and O–H groups in total. The van der Waals surface area contributed by atoms with E-state index < -0.39 is 71.8 Å². The van der Waals surface area contributed by atoms with Crippen molar-refractivity contribution in [3.8, 4) is 22.6 Å². The summed E-state index contributed by atoms with van der Waals surface area (Å²) in [7, 11) is 1.40. The average Bonchev–Trinajstić information content (AvgIpc) is 3.24. The molecule has 0 unspecified atom stereocenters. The van der Waals surface area contributed by atoms with E-state index >= 15 is 0 Å². The first kappa shape index (κ1) is 52.4. The van der Waals surface area contributed by atoms with E-state index in [1.165, 1.54) is 115 Å². The van der Waals surface area contributed by atoms with Crippen LogP contribution in [0.5, 0.6) is 11.5 Å². The van der Waals surface area contributed by atoms with E-state index in [0.717, 1.165) is 25.7 Å². The van der Waals surface area contributed by atoms with Gasteiger partial charge in [-0.1, -0.05) is 110 Å². The highest BCUT2D eigenvalue weighted by molar-refractivity contribution is 5.97. The number of likely N-dealkylation sites (N-methyl/N-ethyl adjacent to an activating group) is 1. The van der Waals surface area contributed by atoms with Crippen LogP contribution in [0.1, 0.15) is 161 Å². The van der Waals surface area contributed by atoms with Crippen LogP contribution in [0.15, 0.2) is 36.4 Å². The standard InChI is InChI=1S/C50H73N3O10/c1-7-8-9-10-11-12-13-14-15-16-17-18-19-20-39(56)29-38(31-54)49(62)51-34(4)45(59)26-33(3)50(63)53(6)47-37-22-24-44(58)41(30-37)40-27-36(21-23-43(40)57)28-42(35(5)55)52-48(61)32(2)25-46(47)60/h21-24,27,30,32-34,38,42,47,54,57-58H,7-20,25-26,28-29,31H2,1-6H3,(H,51,62)(H,52,61)/t32-,33-,34-,38-,42+,47+/m1/s1. The van der Waals surface area contributed by atoms with Crippen LogP contribution in [0.3, 0.4) is 0 Å². The van der Waals surface area contributed by atoms with Crippen molar-refractivity contribution >= 4 is 40.9 Å². The molecule has 0 aromatic heterocycles. The normalized spacial score (nSPS) is 18.0. The number of fused-ring (bicyclic) bond motifs is 5. The average molecular weight is 876 g/mol. The summed E-state index contributed by atoms with van der Waals surface area (Å²) in [6.45, 7) is 7.55. The second-order valence-electron chi connectivity index (χ2n) is 17.8. The Morgan fingerprint density at radius 2 is 1.35 bits per heavy atom. The summed E-state index contributed by atoms with van der Waals surface area (Å²) >= 11 is 0. The summed E-state index contributed by atoms with van der Waals surface area (Å²) in [5.41, 5.74) is 1.28. The first-order valence-corrected chi connectivity index (χ1v) is 23.2. The first-order valence-electron chi connectivity index (χ1n) is 23.2. The zero-order valence-electron chi connectivity index (χ0n) is 38.5. The molecule has 13 heteroatoms. The number of unbranched alkanes of at least 4 members (excludes halogenated alkanes) is 12. The van der Waals surface area contributed by atoms with Gasteiger partial charge < -0.3 is 30.9 Å². The van der Waals surface area contributed by atoms with Crippen LogP contribution < -0.4 is 10.6 Å². The van der Waals surface area contributed by atoms with Crippen molar-refractivity contribution in [3.05, 3.63) is 47.5 Å². The van der Waals surface area contributed by atoms with Gasteiger partial charge in [-0.15, -0.1) is 0 Å². The molecular weight excluding hydrogens is 803 g/mol. The van der Waals surface area contributed by atoms with E-state index in [2.05, 4.69) is 17.6 Å².